The van der Waals surface area contributed by atoms with Gasteiger partial charge in [-0.2, -0.15) is 0 Å². The minimum absolute atomic E-state index is 0.00443. The fraction of sp³-hybridized carbons (Fsp3) is 0.333. The van der Waals surface area contributed by atoms with Gasteiger partial charge in [0.2, 0.25) is 11.8 Å². The van der Waals surface area contributed by atoms with Crippen LogP contribution in [0.25, 0.3) is 0 Å². The summed E-state index contributed by atoms with van der Waals surface area (Å²) in [6.45, 7) is 6.89. The average molecular weight is 621 g/mol. The number of nitrogens with one attached hydrogen (secondary N) is 1. The van der Waals surface area contributed by atoms with Crippen LogP contribution in [0, 0.1) is 0 Å². The molecule has 0 unspecified atom stereocenters. The van der Waals surface area contributed by atoms with E-state index >= 15 is 0 Å². The monoisotopic (exact) mass is 619 g/mol. The quantitative estimate of drug-likeness (QED) is 0.256. The second kappa shape index (κ2) is 14.6. The number of amides is 2. The number of nitrogens with zero attached hydrogens (tertiary/aromatic N) is 2. The largest absolute Gasteiger partial charge is 0.492 e. The Bertz CT molecular complexity index is 1450. The van der Waals surface area contributed by atoms with Crippen molar-refractivity contribution in [2.24, 2.45) is 0 Å². The molecule has 1 N–H and O–H groups in total. The lowest BCUT2D eigenvalue weighted by Crippen LogP contribution is -2.52. The highest BCUT2D eigenvalue weighted by Crippen LogP contribution is 2.33. The molecule has 2 amide bonds. The molecule has 0 fully saturated rings. The molecule has 3 aromatic carbocycles. The Kier molecular flexibility index (Phi) is 11.5. The van der Waals surface area contributed by atoms with E-state index in [1.165, 1.54) is 29.2 Å². The van der Waals surface area contributed by atoms with Crippen molar-refractivity contribution in [1.82, 2.24) is 10.2 Å². The van der Waals surface area contributed by atoms with Gasteiger partial charge in [-0.05, 0) is 75.2 Å². The zero-order valence-corrected chi connectivity index (χ0v) is 25.8. The Labute approximate surface area is 252 Å². The van der Waals surface area contributed by atoms with Gasteiger partial charge in [0.05, 0.1) is 17.2 Å². The van der Waals surface area contributed by atoms with Crippen LogP contribution in [0.4, 0.5) is 5.69 Å². The number of para-hydroxylation sites is 2. The lowest BCUT2D eigenvalue weighted by atomic mass is 10.1. The molecule has 0 heterocycles. The smallest absolute Gasteiger partial charge is 0.264 e. The van der Waals surface area contributed by atoms with E-state index in [1.54, 1.807) is 62.4 Å². The summed E-state index contributed by atoms with van der Waals surface area (Å²) in [5.74, 6) is -0.664. The third-order valence-electron chi connectivity index (χ3n) is 6.58. The lowest BCUT2D eigenvalue weighted by molar-refractivity contribution is -0.139. The molecule has 0 radical (unpaired) electrons. The summed E-state index contributed by atoms with van der Waals surface area (Å²) in [7, 11) is -4.27. The number of rotatable bonds is 13. The summed E-state index contributed by atoms with van der Waals surface area (Å²) < 4.78 is 34.8. The number of carbonyl (C=O) groups excluding carboxylic acids is 2. The number of hydrogen-bond donors (Lipinski definition) is 1. The molecule has 8 nitrogen and oxygen atoms in total. The first-order chi connectivity index (χ1) is 19.5. The van der Waals surface area contributed by atoms with Crippen molar-refractivity contribution >= 4 is 50.7 Å². The van der Waals surface area contributed by atoms with Gasteiger partial charge in [-0.1, -0.05) is 60.5 Å². The summed E-state index contributed by atoms with van der Waals surface area (Å²) in [6, 6.07) is 18.2. The fourth-order valence-electron chi connectivity index (χ4n) is 4.05. The molecule has 0 bridgehead atoms. The zero-order chi connectivity index (χ0) is 30.2. The van der Waals surface area contributed by atoms with Crippen molar-refractivity contribution in [3.63, 3.8) is 0 Å². The van der Waals surface area contributed by atoms with E-state index in [0.717, 1.165) is 4.31 Å². The molecule has 0 aromatic heterocycles. The van der Waals surface area contributed by atoms with Gasteiger partial charge in [-0.15, -0.1) is 0 Å². The first kappa shape index (κ1) is 32.2. The average Bonchev–Trinajstić information content (AvgIpc) is 2.95. The van der Waals surface area contributed by atoms with E-state index in [9.17, 15) is 18.0 Å². The van der Waals surface area contributed by atoms with E-state index in [1.807, 2.05) is 13.8 Å². The van der Waals surface area contributed by atoms with E-state index < -0.39 is 28.5 Å². The predicted molar refractivity (Wildman–Crippen MR) is 163 cm³/mol. The van der Waals surface area contributed by atoms with Crippen molar-refractivity contribution in [3.8, 4) is 5.75 Å². The van der Waals surface area contributed by atoms with Crippen LogP contribution >= 0.6 is 23.2 Å². The zero-order valence-electron chi connectivity index (χ0n) is 23.5. The number of sulfonamides is 1. The lowest BCUT2D eigenvalue weighted by Gasteiger charge is -2.33. The van der Waals surface area contributed by atoms with Gasteiger partial charge in [0.15, 0.2) is 0 Å². The molecule has 0 spiro atoms. The molecule has 3 aromatic rings. The van der Waals surface area contributed by atoms with Crippen molar-refractivity contribution in [2.45, 2.75) is 57.6 Å². The molecule has 0 saturated heterocycles. The molecule has 220 valence electrons. The van der Waals surface area contributed by atoms with Gasteiger partial charge in [-0.25, -0.2) is 8.42 Å². The summed E-state index contributed by atoms with van der Waals surface area (Å²) in [5, 5.41) is 3.70. The maximum absolute atomic E-state index is 14.1. The highest BCUT2D eigenvalue weighted by atomic mass is 35.5. The van der Waals surface area contributed by atoms with Crippen LogP contribution in [0.1, 0.15) is 39.7 Å². The number of halogens is 2. The number of anilines is 1. The number of benzene rings is 3. The minimum Gasteiger partial charge on any atom is -0.492 e. The first-order valence-electron chi connectivity index (χ1n) is 13.3. The third-order valence-corrected chi connectivity index (χ3v) is 8.98. The maximum atomic E-state index is 14.1. The standard InChI is InChI=1S/C30H35Cl2N3O5S/c1-5-21(3)33-30(37)22(4)34(19-23-11-7-8-12-26(23)32)29(36)20-35(27-13-9-10-14-28(27)40-6-2)41(38,39)25-17-15-24(31)16-18-25/h7-18,21-22H,5-6,19-20H2,1-4H3,(H,33,37)/t21-,22+/m0/s1. The summed E-state index contributed by atoms with van der Waals surface area (Å²) in [6.07, 6.45) is 0.707. The Balaban J connectivity index is 2.09. The Morgan fingerprint density at radius 2 is 1.56 bits per heavy atom. The molecule has 0 aliphatic carbocycles. The molecule has 0 aliphatic heterocycles. The maximum Gasteiger partial charge on any atom is 0.264 e. The van der Waals surface area contributed by atoms with E-state index in [2.05, 4.69) is 5.32 Å². The Morgan fingerprint density at radius 3 is 2.20 bits per heavy atom. The van der Waals surface area contributed by atoms with Gasteiger partial charge in [0.25, 0.3) is 10.0 Å². The van der Waals surface area contributed by atoms with E-state index in [0.29, 0.717) is 27.8 Å². The normalized spacial score (nSPS) is 12.7. The minimum atomic E-state index is -4.27. The van der Waals surface area contributed by atoms with Crippen LogP contribution in [-0.4, -0.2) is 50.4 Å². The molecule has 41 heavy (non-hydrogen) atoms. The van der Waals surface area contributed by atoms with Crippen LogP contribution in [0.2, 0.25) is 10.0 Å². The molecular formula is C30H35Cl2N3O5S. The Hall–Kier alpha value is -3.27. The van der Waals surface area contributed by atoms with Crippen molar-refractivity contribution < 1.29 is 22.7 Å². The van der Waals surface area contributed by atoms with Crippen molar-refractivity contribution in [3.05, 3.63) is 88.4 Å². The highest BCUT2D eigenvalue weighted by Gasteiger charge is 2.34. The van der Waals surface area contributed by atoms with Crippen LogP contribution < -0.4 is 14.4 Å². The summed E-state index contributed by atoms with van der Waals surface area (Å²) in [4.78, 5) is 28.5. The second-order valence-electron chi connectivity index (χ2n) is 9.47. The molecule has 0 saturated carbocycles. The molecule has 3 rings (SSSR count). The number of hydrogen-bond acceptors (Lipinski definition) is 5. The fourth-order valence-corrected chi connectivity index (χ4v) is 5.79. The first-order valence-corrected chi connectivity index (χ1v) is 15.5. The summed E-state index contributed by atoms with van der Waals surface area (Å²) in [5.41, 5.74) is 0.805. The third kappa shape index (κ3) is 8.15. The molecule has 2 atom stereocenters. The topological polar surface area (TPSA) is 96.0 Å². The molecule has 11 heteroatoms. The van der Waals surface area contributed by atoms with E-state index in [-0.39, 0.29) is 35.7 Å². The van der Waals surface area contributed by atoms with Crippen molar-refractivity contribution in [1.29, 1.82) is 0 Å². The number of ether oxygens (including phenoxy) is 1. The molecule has 0 aliphatic rings. The van der Waals surface area contributed by atoms with E-state index in [4.69, 9.17) is 27.9 Å². The van der Waals surface area contributed by atoms with Crippen LogP contribution in [0.3, 0.4) is 0 Å². The van der Waals surface area contributed by atoms with Gasteiger partial charge in [0, 0.05) is 22.6 Å². The summed E-state index contributed by atoms with van der Waals surface area (Å²) >= 11 is 12.4. The second-order valence-corrected chi connectivity index (χ2v) is 12.2. The molecular weight excluding hydrogens is 585 g/mol. The van der Waals surface area contributed by atoms with Gasteiger partial charge >= 0.3 is 0 Å². The van der Waals surface area contributed by atoms with Gasteiger partial charge in [0.1, 0.15) is 18.3 Å². The van der Waals surface area contributed by atoms with Crippen LogP contribution in [0.5, 0.6) is 5.75 Å². The van der Waals surface area contributed by atoms with Crippen LogP contribution in [0.15, 0.2) is 77.7 Å². The van der Waals surface area contributed by atoms with Crippen LogP contribution in [-0.2, 0) is 26.2 Å². The van der Waals surface area contributed by atoms with Gasteiger partial charge in [-0.3, -0.25) is 13.9 Å². The SMILES string of the molecule is CCOc1ccccc1N(CC(=O)N(Cc1ccccc1Cl)[C@H](C)C(=O)N[C@@H](C)CC)S(=O)(=O)c1ccc(Cl)cc1. The predicted octanol–water partition coefficient (Wildman–Crippen LogP) is 5.92. The van der Waals surface area contributed by atoms with Gasteiger partial charge < -0.3 is 15.0 Å². The number of carbonyl (C=O) groups is 2. The highest BCUT2D eigenvalue weighted by molar-refractivity contribution is 7.92. The Morgan fingerprint density at radius 1 is 0.927 bits per heavy atom. The van der Waals surface area contributed by atoms with Crippen molar-refractivity contribution in [2.75, 3.05) is 17.5 Å².